The molecule has 1 aliphatic heterocycles. The second-order valence-electron chi connectivity index (χ2n) is 1.76. The highest BCUT2D eigenvalue weighted by Gasteiger charge is 2.37. The van der Waals surface area contributed by atoms with E-state index in [2.05, 4.69) is 0 Å². The Morgan fingerprint density at radius 3 is 2.12 bits per heavy atom. The standard InChI is InChI=1S/C4H10O3Si/c1-5-8(2)6-3-4-7-8/h3-4H2,1-2H3. The fourth-order valence-corrected chi connectivity index (χ4v) is 1.84. The van der Waals surface area contributed by atoms with Crippen LogP contribution in [0.3, 0.4) is 0 Å². The van der Waals surface area contributed by atoms with Crippen molar-refractivity contribution in [2.75, 3.05) is 20.3 Å². The van der Waals surface area contributed by atoms with Gasteiger partial charge in [0.15, 0.2) is 0 Å². The van der Waals surface area contributed by atoms with E-state index in [-0.39, 0.29) is 0 Å². The number of hydrogen-bond donors (Lipinski definition) is 0. The van der Waals surface area contributed by atoms with Gasteiger partial charge in [-0.05, 0) is 0 Å². The molecule has 0 aromatic rings. The van der Waals surface area contributed by atoms with Crippen LogP contribution in [-0.4, -0.2) is 29.1 Å². The van der Waals surface area contributed by atoms with E-state index in [1.54, 1.807) is 7.11 Å². The molecule has 0 amide bonds. The molecular weight excluding hydrogens is 124 g/mol. The van der Waals surface area contributed by atoms with Gasteiger partial charge in [-0.3, -0.25) is 0 Å². The zero-order valence-corrected chi connectivity index (χ0v) is 6.14. The van der Waals surface area contributed by atoms with Crippen molar-refractivity contribution in [2.24, 2.45) is 0 Å². The maximum Gasteiger partial charge on any atom is 0.497 e. The molecule has 0 bridgehead atoms. The van der Waals surface area contributed by atoms with Crippen LogP contribution in [0.25, 0.3) is 0 Å². The molecule has 0 N–H and O–H groups in total. The molecule has 0 aromatic heterocycles. The predicted molar refractivity (Wildman–Crippen MR) is 30.5 cm³/mol. The first-order chi connectivity index (χ1) is 3.77. The van der Waals surface area contributed by atoms with Crippen molar-refractivity contribution in [1.82, 2.24) is 0 Å². The van der Waals surface area contributed by atoms with Crippen LogP contribution < -0.4 is 0 Å². The van der Waals surface area contributed by atoms with Crippen LogP contribution in [0.5, 0.6) is 0 Å². The van der Waals surface area contributed by atoms with Gasteiger partial charge in [-0.15, -0.1) is 0 Å². The minimum Gasteiger partial charge on any atom is -0.377 e. The summed E-state index contributed by atoms with van der Waals surface area (Å²) in [5.74, 6) is 0. The molecule has 1 fully saturated rings. The van der Waals surface area contributed by atoms with Crippen molar-refractivity contribution in [2.45, 2.75) is 6.55 Å². The van der Waals surface area contributed by atoms with E-state index in [0.717, 1.165) is 0 Å². The van der Waals surface area contributed by atoms with Crippen molar-refractivity contribution in [3.05, 3.63) is 0 Å². The van der Waals surface area contributed by atoms with E-state index in [4.69, 9.17) is 13.3 Å². The first kappa shape index (κ1) is 6.22. The highest BCUT2D eigenvalue weighted by atomic mass is 28.4. The smallest absolute Gasteiger partial charge is 0.377 e. The van der Waals surface area contributed by atoms with Crippen LogP contribution in [-0.2, 0) is 13.3 Å². The van der Waals surface area contributed by atoms with E-state index in [1.165, 1.54) is 0 Å². The van der Waals surface area contributed by atoms with Crippen molar-refractivity contribution in [3.63, 3.8) is 0 Å². The normalized spacial score (nSPS) is 26.2. The molecule has 0 atom stereocenters. The van der Waals surface area contributed by atoms with Crippen LogP contribution in [0.15, 0.2) is 0 Å². The highest BCUT2D eigenvalue weighted by Crippen LogP contribution is 2.12. The summed E-state index contributed by atoms with van der Waals surface area (Å²) in [6.45, 7) is 3.27. The first-order valence-corrected chi connectivity index (χ1v) is 4.82. The molecule has 3 nitrogen and oxygen atoms in total. The fraction of sp³-hybridized carbons (Fsp3) is 1.00. The molecule has 0 aliphatic carbocycles. The minimum absolute atomic E-state index is 0.691. The van der Waals surface area contributed by atoms with E-state index in [1.807, 2.05) is 6.55 Å². The Morgan fingerprint density at radius 2 is 1.88 bits per heavy atom. The summed E-state index contributed by atoms with van der Waals surface area (Å²) in [5.41, 5.74) is 0. The zero-order valence-electron chi connectivity index (χ0n) is 5.14. The third-order valence-electron chi connectivity index (χ3n) is 1.18. The van der Waals surface area contributed by atoms with Gasteiger partial charge in [-0.1, -0.05) is 0 Å². The Balaban J connectivity index is 2.40. The second kappa shape index (κ2) is 2.14. The Kier molecular flexibility index (Phi) is 1.67. The maximum absolute atomic E-state index is 5.18. The summed E-state index contributed by atoms with van der Waals surface area (Å²) in [5, 5.41) is 0. The van der Waals surface area contributed by atoms with Crippen LogP contribution in [0.2, 0.25) is 6.55 Å². The number of hydrogen-bond acceptors (Lipinski definition) is 3. The summed E-state index contributed by atoms with van der Waals surface area (Å²) in [7, 11) is -0.438. The molecule has 1 rings (SSSR count). The average molecular weight is 134 g/mol. The Hall–Kier alpha value is 0.0969. The van der Waals surface area contributed by atoms with Gasteiger partial charge in [-0.25, -0.2) is 0 Å². The molecule has 4 heteroatoms. The van der Waals surface area contributed by atoms with Crippen LogP contribution in [0.4, 0.5) is 0 Å². The molecule has 8 heavy (non-hydrogen) atoms. The molecule has 0 spiro atoms. The molecule has 1 saturated heterocycles. The van der Waals surface area contributed by atoms with Crippen LogP contribution >= 0.6 is 0 Å². The summed E-state index contributed by atoms with van der Waals surface area (Å²) < 4.78 is 15.4. The lowest BCUT2D eigenvalue weighted by atomic mass is 10.8. The van der Waals surface area contributed by atoms with Gasteiger partial charge in [-0.2, -0.15) is 0 Å². The Labute approximate surface area is 49.9 Å². The molecule has 0 saturated carbocycles. The van der Waals surface area contributed by atoms with Crippen LogP contribution in [0.1, 0.15) is 0 Å². The summed E-state index contributed by atoms with van der Waals surface area (Å²) in [6.07, 6.45) is 0. The maximum atomic E-state index is 5.18. The largest absolute Gasteiger partial charge is 0.497 e. The lowest BCUT2D eigenvalue weighted by Crippen LogP contribution is -2.34. The van der Waals surface area contributed by atoms with Crippen molar-refractivity contribution in [3.8, 4) is 0 Å². The van der Waals surface area contributed by atoms with Crippen molar-refractivity contribution in [1.29, 1.82) is 0 Å². The molecule has 0 unspecified atom stereocenters. The summed E-state index contributed by atoms with van der Waals surface area (Å²) in [4.78, 5) is 0. The third-order valence-corrected chi connectivity index (χ3v) is 3.38. The lowest BCUT2D eigenvalue weighted by molar-refractivity contribution is 0.185. The minimum atomic E-state index is -2.06. The predicted octanol–water partition coefficient (Wildman–Crippen LogP) is 0.248. The van der Waals surface area contributed by atoms with Crippen molar-refractivity contribution < 1.29 is 13.3 Å². The molecule has 1 aliphatic rings. The highest BCUT2D eigenvalue weighted by molar-refractivity contribution is 6.59. The average Bonchev–Trinajstić information content (AvgIpc) is 2.17. The molecule has 0 radical (unpaired) electrons. The van der Waals surface area contributed by atoms with Gasteiger partial charge in [0.25, 0.3) is 0 Å². The molecule has 0 aromatic carbocycles. The summed E-state index contributed by atoms with van der Waals surface area (Å²) in [6, 6.07) is 0. The Bertz CT molecular complexity index is 79.4. The quantitative estimate of drug-likeness (QED) is 0.481. The SMILES string of the molecule is CO[Si]1(C)OCCO1. The van der Waals surface area contributed by atoms with Gasteiger partial charge in [0, 0.05) is 13.7 Å². The van der Waals surface area contributed by atoms with Crippen molar-refractivity contribution >= 4 is 8.80 Å². The van der Waals surface area contributed by atoms with E-state index >= 15 is 0 Å². The number of rotatable bonds is 1. The van der Waals surface area contributed by atoms with E-state index in [0.29, 0.717) is 13.2 Å². The van der Waals surface area contributed by atoms with Gasteiger partial charge >= 0.3 is 8.80 Å². The molecule has 1 heterocycles. The van der Waals surface area contributed by atoms with Gasteiger partial charge in [0.2, 0.25) is 0 Å². The lowest BCUT2D eigenvalue weighted by Gasteiger charge is -2.13. The van der Waals surface area contributed by atoms with Crippen LogP contribution in [0, 0.1) is 0 Å². The van der Waals surface area contributed by atoms with Gasteiger partial charge in [0.1, 0.15) is 0 Å². The Morgan fingerprint density at radius 1 is 1.38 bits per heavy atom. The zero-order chi connectivity index (χ0) is 6.04. The van der Waals surface area contributed by atoms with Gasteiger partial charge in [0.05, 0.1) is 13.2 Å². The van der Waals surface area contributed by atoms with E-state index in [9.17, 15) is 0 Å². The topological polar surface area (TPSA) is 27.7 Å². The second-order valence-corrected chi connectivity index (χ2v) is 4.47. The van der Waals surface area contributed by atoms with E-state index < -0.39 is 8.80 Å². The third kappa shape index (κ3) is 1.08. The molecule has 48 valence electrons. The molecular formula is C4H10O3Si. The summed E-state index contributed by atoms with van der Waals surface area (Å²) >= 11 is 0. The first-order valence-electron chi connectivity index (χ1n) is 2.60. The fourth-order valence-electron chi connectivity index (χ4n) is 0.614. The van der Waals surface area contributed by atoms with Gasteiger partial charge < -0.3 is 13.3 Å². The monoisotopic (exact) mass is 134 g/mol.